The topological polar surface area (TPSA) is 222 Å². The Labute approximate surface area is 612 Å². The molecule has 0 spiro atoms. The molecule has 0 radical (unpaired) electrons. The number of carbonyl (C=O) groups is 3. The van der Waals surface area contributed by atoms with Gasteiger partial charge in [-0.2, -0.15) is 0 Å². The van der Waals surface area contributed by atoms with Crippen molar-refractivity contribution in [3.05, 3.63) is 69.8 Å². The van der Waals surface area contributed by atoms with Crippen LogP contribution in [0.3, 0.4) is 0 Å². The molecule has 0 saturated carbocycles. The number of methoxy groups -OCH3 is 6. The number of nitrogens with zero attached hydrogens (tertiary/aromatic N) is 3. The van der Waals surface area contributed by atoms with E-state index in [-0.39, 0.29) is 27.9 Å². The first-order valence-electron chi connectivity index (χ1n) is 53.8. The molecule has 3 saturated heterocycles. The third kappa shape index (κ3) is 17.5. The van der Waals surface area contributed by atoms with E-state index in [1.54, 1.807) is 0 Å². The lowest BCUT2D eigenvalue weighted by atomic mass is 9.79. The lowest BCUT2D eigenvalue weighted by Crippen LogP contribution is -2.51. The highest BCUT2D eigenvalue weighted by Crippen LogP contribution is 2.48. The Balaban J connectivity index is 0.000000289. The van der Waals surface area contributed by atoms with Crippen molar-refractivity contribution in [1.82, 2.24) is 14.7 Å². The molecule has 3 aromatic carbocycles. The number of hydrogen-bond donors (Lipinski definition) is 3. The summed E-state index contributed by atoms with van der Waals surface area (Å²) >= 11 is 0. The van der Waals surface area contributed by atoms with Crippen molar-refractivity contribution in [3.8, 4) is 34.5 Å². The zero-order chi connectivity index (χ0) is 112. The molecule has 0 bridgehead atoms. The third-order valence-corrected chi connectivity index (χ3v) is 13.6. The number of ether oxygens (including phenoxy) is 9. The molecule has 15 atom stereocenters. The van der Waals surface area contributed by atoms with E-state index in [0.29, 0.717) is 32.9 Å². The maximum Gasteiger partial charge on any atom is 0.323 e. The molecule has 3 fully saturated rings. The minimum absolute atomic E-state index is 0.169. The zero-order valence-electron chi connectivity index (χ0n) is 104. The highest BCUT2D eigenvalue weighted by atomic mass is 16.6. The highest BCUT2D eigenvalue weighted by Gasteiger charge is 2.45. The van der Waals surface area contributed by atoms with Gasteiger partial charge in [0.15, 0.2) is 34.5 Å². The van der Waals surface area contributed by atoms with Gasteiger partial charge in [-0.15, -0.1) is 0 Å². The molecule has 18 heteroatoms. The highest BCUT2D eigenvalue weighted by molar-refractivity contribution is 5.77. The van der Waals surface area contributed by atoms with Gasteiger partial charge in [0.1, 0.15) is 36.4 Å². The van der Waals surface area contributed by atoms with Crippen molar-refractivity contribution in [2.24, 2.45) is 70.3 Å². The average Bonchev–Trinajstić information content (AvgIpc) is 0.639. The maximum absolute atomic E-state index is 13.4. The zero-order valence-corrected chi connectivity index (χ0v) is 52.1. The second-order valence-electron chi connectivity index (χ2n) is 21.3. The van der Waals surface area contributed by atoms with Gasteiger partial charge in [-0.1, -0.05) is 82.9 Å². The van der Waals surface area contributed by atoms with E-state index in [9.17, 15) is 40.4 Å². The number of esters is 3. The lowest BCUT2D eigenvalue weighted by molar-refractivity contribution is -0.161. The van der Waals surface area contributed by atoms with Gasteiger partial charge in [0, 0.05) is 156 Å². The quantitative estimate of drug-likeness (QED) is 0.0666. The van der Waals surface area contributed by atoms with Crippen LogP contribution in [0.2, 0.25) is 0 Å². The first-order valence-corrected chi connectivity index (χ1v) is 27.8. The Bertz CT molecular complexity index is 5300. The Morgan fingerprint density at radius 1 is 0.489 bits per heavy atom. The van der Waals surface area contributed by atoms with Crippen LogP contribution >= 0.6 is 0 Å². The van der Waals surface area contributed by atoms with Crippen LogP contribution < -0.4 is 45.6 Å². The molecule has 3 aromatic rings. The summed E-state index contributed by atoms with van der Waals surface area (Å²) < 4.78 is 503. The van der Waals surface area contributed by atoms with Gasteiger partial charge in [-0.25, -0.2) is 0 Å². The van der Waals surface area contributed by atoms with Crippen molar-refractivity contribution in [2.45, 2.75) is 195 Å². The second-order valence-corrected chi connectivity index (χ2v) is 21.3. The molecule has 504 valence electrons. The predicted molar refractivity (Wildman–Crippen MR) is 353 cm³/mol. The van der Waals surface area contributed by atoms with Crippen LogP contribution in [0.25, 0.3) is 0 Å². The largest absolute Gasteiger partial charge is 0.493 e. The molecule has 0 amide bonds. The number of fused-ring (bicyclic) bond motifs is 9. The number of piperidine rings is 3. The number of carbonyl (C=O) groups excluding carboxylic acids is 3. The summed E-state index contributed by atoms with van der Waals surface area (Å²) in [6.07, 6.45) is -45.3. The number of rotatable bonds is 21. The second kappa shape index (κ2) is 32.5. The Morgan fingerprint density at radius 2 is 0.789 bits per heavy atom. The number of nitrogens with two attached hydrogens (primary N) is 3. The monoisotopic (exact) mass is 1310 g/mol. The molecular weight excluding hydrogens is 1140 g/mol. The fourth-order valence-electron chi connectivity index (χ4n) is 8.57. The van der Waals surface area contributed by atoms with Gasteiger partial charge >= 0.3 is 17.9 Å². The van der Waals surface area contributed by atoms with Crippen LogP contribution in [0.1, 0.15) is 244 Å². The Hall–Kier alpha value is -5.37. The van der Waals surface area contributed by atoms with Gasteiger partial charge in [0.05, 0.1) is 52.2 Å². The minimum Gasteiger partial charge on any atom is -0.493 e. The first-order chi connectivity index (χ1) is 62.5. The van der Waals surface area contributed by atoms with Gasteiger partial charge in [-0.05, 0) is 143 Å². The molecular formula is C72H114N6O12. The van der Waals surface area contributed by atoms with Gasteiger partial charge in [-0.3, -0.25) is 29.1 Å². The Morgan fingerprint density at radius 3 is 1.11 bits per heavy atom. The Kier molecular flexibility index (Phi) is 10.5. The van der Waals surface area contributed by atoms with Crippen molar-refractivity contribution in [1.29, 1.82) is 0 Å². The number of hydrogen-bond acceptors (Lipinski definition) is 18. The van der Waals surface area contributed by atoms with E-state index in [2.05, 4.69) is 0 Å². The molecule has 12 unspecified atom stereocenters. The maximum atomic E-state index is 13.4. The summed E-state index contributed by atoms with van der Waals surface area (Å²) in [5, 5.41) is 0. The first kappa shape index (κ1) is 29.1. The molecule has 0 aromatic heterocycles. The fraction of sp³-hybridized carbons (Fsp3) is 0.708. The molecule has 6 aliphatic rings. The summed E-state index contributed by atoms with van der Waals surface area (Å²) in [5.74, 6) is -32.5. The van der Waals surface area contributed by atoms with Gasteiger partial charge < -0.3 is 59.8 Å². The fourth-order valence-corrected chi connectivity index (χ4v) is 8.57. The van der Waals surface area contributed by atoms with Crippen molar-refractivity contribution < 1.29 is 128 Å². The molecule has 90 heavy (non-hydrogen) atoms. The summed E-state index contributed by atoms with van der Waals surface area (Å²) in [7, 11) is 2.38. The van der Waals surface area contributed by atoms with Gasteiger partial charge in [0.2, 0.25) is 0 Å². The van der Waals surface area contributed by atoms with E-state index in [1.165, 1.54) is 48.7 Å². The standard InChI is InChI=1S/3C24H38N2O4/c3*1-14(2)9-17-13-26-8-7-16-10-21(28-5)22(29-6)11-18(16)19(26)12-20(17)30-24(27)23(25)15(3)4/h3*10-11,14-15,17,19-20,23H,7-9,12-13,25H2,1-6H3/t3*17?,19?,20?,23-/m000/s1/i1D3,7D2,8D2,9D2,12D2,13D2,14D,17D,19D,20D;1D3,5D3,7D2,8D2,9D2,12D2,13D2,14D,17D,19D;1D3,7D2,8D2,9D2,12D2,13D2,14D,17D,19D/t3*14?,17?,19?,20?,23-. The summed E-state index contributed by atoms with van der Waals surface area (Å²) in [6.45, 7) is -25.4. The normalized spacial score (nSPS) is 48.8. The van der Waals surface area contributed by atoms with Crippen LogP contribution in [0, 0.1) is 53.1 Å². The van der Waals surface area contributed by atoms with Crippen LogP contribution in [-0.4, -0.2) is 151 Å². The molecule has 6 N–H and O–H groups in total. The molecule has 18 nitrogen and oxygen atoms in total. The molecule has 9 rings (SSSR count). The van der Waals surface area contributed by atoms with Crippen LogP contribution in [0.5, 0.6) is 34.5 Å². The smallest absolute Gasteiger partial charge is 0.323 e. The van der Waals surface area contributed by atoms with E-state index in [0.717, 1.165) is 52.7 Å². The number of aryl methyl sites for hydroxylation is 3. The van der Waals surface area contributed by atoms with Crippen LogP contribution in [-0.2, 0) is 47.7 Å². The van der Waals surface area contributed by atoms with Crippen molar-refractivity contribution in [3.63, 3.8) is 0 Å². The molecule has 6 aliphatic heterocycles. The lowest BCUT2D eigenvalue weighted by Gasteiger charge is -2.47. The van der Waals surface area contributed by atoms with Gasteiger partial charge in [0.25, 0.3) is 0 Å². The third-order valence-electron chi connectivity index (χ3n) is 13.6. The SMILES string of the molecule is [2H]C([2H])([2H])C([2H])(C)C([2H])([2H])C1([2H])C(OC(=O)[C@@H](N)C(C)C)C([2H])([2H])C2([2H])c3cc(OC)c(OC)cc3C([2H])([2H])C([2H])([2H])N2C1([2H])[2H].[2H]C([2H])([2H])C([2H])(C)C([2H])([2H])C1([2H])C([2H])([2H])N2C([2H])([2H])C([2H])([2H])c3cc(OC)c(OC)cc3C2([2H])C([2H])([2H])C1([2H])OC(=O)[C@@H](N)C(C)C.[2H]C([2H])([2H])Oc1cc2c(cc1OC)C1([2H])N(C([2H])([2H])C2([2H])[2H])C([2H])([2H])C([2H])(C([2H])([2H])C([2H])(C)C([2H])([2H])[2H])C(OC(=O)[C@@H](N)C(C)C)C1([2H])[2H]. The molecule has 0 aliphatic carbocycles. The van der Waals surface area contributed by atoms with E-state index >= 15 is 0 Å². The van der Waals surface area contributed by atoms with Crippen molar-refractivity contribution in [2.75, 3.05) is 81.6 Å². The van der Waals surface area contributed by atoms with Crippen LogP contribution in [0.4, 0.5) is 0 Å². The summed E-state index contributed by atoms with van der Waals surface area (Å²) in [6, 6.07) is -10.9. The summed E-state index contributed by atoms with van der Waals surface area (Å²) in [4.78, 5) is 38.9. The predicted octanol–water partition coefficient (Wildman–Crippen LogP) is 10.7. The average molecular weight is 1310 g/mol. The minimum atomic E-state index is -4.49. The van der Waals surface area contributed by atoms with Crippen LogP contribution in [0.15, 0.2) is 36.4 Å². The van der Waals surface area contributed by atoms with E-state index < -0.39 is 304 Å². The number of benzene rings is 3. The van der Waals surface area contributed by atoms with E-state index in [1.807, 2.05) is 0 Å². The summed E-state index contributed by atoms with van der Waals surface area (Å²) in [5.41, 5.74) is 12.7. The van der Waals surface area contributed by atoms with E-state index in [4.69, 9.17) is 105 Å². The van der Waals surface area contributed by atoms with Crippen molar-refractivity contribution >= 4 is 17.9 Å². The molecule has 6 heterocycles.